The highest BCUT2D eigenvalue weighted by molar-refractivity contribution is 5.90. The number of nitrogens with zero attached hydrogens (tertiary/aromatic N) is 3. The Morgan fingerprint density at radius 3 is 2.48 bits per heavy atom. The number of fused-ring (bicyclic) bond motifs is 1. The van der Waals surface area contributed by atoms with Gasteiger partial charge >= 0.3 is 5.69 Å². The lowest BCUT2D eigenvalue weighted by Crippen LogP contribution is -2.25. The molecule has 21 heavy (non-hydrogen) atoms. The lowest BCUT2D eigenvalue weighted by Gasteiger charge is -2.17. The van der Waals surface area contributed by atoms with Gasteiger partial charge in [-0.3, -0.25) is 4.57 Å². The van der Waals surface area contributed by atoms with Crippen molar-refractivity contribution in [2.45, 2.75) is 0 Å². The maximum absolute atomic E-state index is 13.6. The van der Waals surface area contributed by atoms with Crippen LogP contribution in [0.2, 0.25) is 0 Å². The van der Waals surface area contributed by atoms with Gasteiger partial charge in [0.15, 0.2) is 0 Å². The van der Waals surface area contributed by atoms with Crippen LogP contribution in [0, 0.1) is 5.82 Å². The van der Waals surface area contributed by atoms with Crippen LogP contribution in [0.5, 0.6) is 0 Å². The van der Waals surface area contributed by atoms with Gasteiger partial charge in [0.25, 0.3) is 0 Å². The lowest BCUT2D eigenvalue weighted by atomic mass is 10.2. The highest BCUT2D eigenvalue weighted by Gasteiger charge is 2.13. The topological polar surface area (TPSA) is 38.1 Å². The fraction of sp³-hybridized carbons (Fsp3) is 0.125. The number of hydrogen-bond donors (Lipinski definition) is 0. The standard InChI is InChI=1S/C16H14FN3O/c1-19(2)15-13-9-8-11(17)10-14(13)20(16(21)18-15)12-6-4-3-5-7-12/h3-10H,1-2H3. The summed E-state index contributed by atoms with van der Waals surface area (Å²) in [5.74, 6) is 0.143. The summed E-state index contributed by atoms with van der Waals surface area (Å²) in [6.07, 6.45) is 0. The molecule has 0 amide bonds. The van der Waals surface area contributed by atoms with E-state index in [-0.39, 0.29) is 5.82 Å². The molecule has 0 aliphatic heterocycles. The number of hydrogen-bond acceptors (Lipinski definition) is 3. The molecule has 0 aliphatic carbocycles. The molecule has 4 nitrogen and oxygen atoms in total. The molecule has 0 unspecified atom stereocenters. The molecule has 0 N–H and O–H groups in total. The molecular formula is C16H14FN3O. The van der Waals surface area contributed by atoms with Crippen LogP contribution in [0.25, 0.3) is 16.6 Å². The van der Waals surface area contributed by atoms with Crippen LogP contribution in [0.15, 0.2) is 53.3 Å². The summed E-state index contributed by atoms with van der Waals surface area (Å²) in [5.41, 5.74) is 0.740. The number of halogens is 1. The van der Waals surface area contributed by atoms with Crippen LogP contribution >= 0.6 is 0 Å². The van der Waals surface area contributed by atoms with Crippen LogP contribution in [0.4, 0.5) is 10.2 Å². The van der Waals surface area contributed by atoms with E-state index in [0.29, 0.717) is 17.0 Å². The number of rotatable bonds is 2. The third-order valence-corrected chi connectivity index (χ3v) is 3.27. The summed E-state index contributed by atoms with van der Waals surface area (Å²) in [5, 5.41) is 0.727. The average molecular weight is 283 g/mol. The van der Waals surface area contributed by atoms with Crippen LogP contribution in [-0.2, 0) is 0 Å². The van der Waals surface area contributed by atoms with Crippen LogP contribution in [-0.4, -0.2) is 23.6 Å². The number of aromatic nitrogens is 2. The van der Waals surface area contributed by atoms with Gasteiger partial charge < -0.3 is 4.90 Å². The van der Waals surface area contributed by atoms with Gasteiger partial charge in [0.2, 0.25) is 0 Å². The monoisotopic (exact) mass is 283 g/mol. The molecule has 0 saturated carbocycles. The van der Waals surface area contributed by atoms with Gasteiger partial charge in [-0.2, -0.15) is 4.98 Å². The zero-order chi connectivity index (χ0) is 15.0. The molecule has 0 fully saturated rings. The number of para-hydroxylation sites is 1. The van der Waals surface area contributed by atoms with Crippen molar-refractivity contribution in [2.75, 3.05) is 19.0 Å². The molecule has 2 aromatic carbocycles. The van der Waals surface area contributed by atoms with Crippen LogP contribution < -0.4 is 10.6 Å². The zero-order valence-corrected chi connectivity index (χ0v) is 11.7. The van der Waals surface area contributed by atoms with Gasteiger partial charge in [0, 0.05) is 19.5 Å². The summed E-state index contributed by atoms with van der Waals surface area (Å²) in [6.45, 7) is 0. The highest BCUT2D eigenvalue weighted by Crippen LogP contribution is 2.24. The molecule has 0 radical (unpaired) electrons. The first-order valence-corrected chi connectivity index (χ1v) is 6.53. The first-order valence-electron chi connectivity index (χ1n) is 6.53. The molecule has 3 aromatic rings. The van der Waals surface area contributed by atoms with E-state index >= 15 is 0 Å². The summed E-state index contributed by atoms with van der Waals surface area (Å²) < 4.78 is 15.1. The molecule has 0 aliphatic rings. The summed E-state index contributed by atoms with van der Waals surface area (Å²) in [6, 6.07) is 13.5. The summed E-state index contributed by atoms with van der Waals surface area (Å²) in [4.78, 5) is 18.2. The smallest absolute Gasteiger partial charge is 0.354 e. The first kappa shape index (κ1) is 13.3. The van der Waals surface area contributed by atoms with Crippen molar-refractivity contribution in [3.63, 3.8) is 0 Å². The second-order valence-electron chi connectivity index (χ2n) is 4.94. The fourth-order valence-electron chi connectivity index (χ4n) is 2.35. The third-order valence-electron chi connectivity index (χ3n) is 3.27. The van der Waals surface area contributed by atoms with Gasteiger partial charge in [-0.05, 0) is 30.3 Å². The van der Waals surface area contributed by atoms with E-state index in [1.807, 2.05) is 18.2 Å². The Morgan fingerprint density at radius 1 is 1.10 bits per heavy atom. The Balaban J connectivity index is 2.46. The van der Waals surface area contributed by atoms with Crippen molar-refractivity contribution < 1.29 is 4.39 Å². The van der Waals surface area contributed by atoms with Crippen molar-refractivity contribution >= 4 is 16.7 Å². The Hall–Kier alpha value is -2.69. The van der Waals surface area contributed by atoms with Crippen molar-refractivity contribution in [2.24, 2.45) is 0 Å². The van der Waals surface area contributed by atoms with Gasteiger partial charge in [-0.15, -0.1) is 0 Å². The molecule has 0 saturated heterocycles. The summed E-state index contributed by atoms with van der Waals surface area (Å²) in [7, 11) is 3.61. The first-order chi connectivity index (χ1) is 10.1. The average Bonchev–Trinajstić information content (AvgIpc) is 2.47. The van der Waals surface area contributed by atoms with Crippen LogP contribution in [0.3, 0.4) is 0 Å². The number of benzene rings is 2. The molecule has 106 valence electrons. The van der Waals surface area contributed by atoms with Crippen molar-refractivity contribution in [1.82, 2.24) is 9.55 Å². The predicted molar refractivity (Wildman–Crippen MR) is 81.6 cm³/mol. The van der Waals surface area contributed by atoms with Crippen molar-refractivity contribution in [3.8, 4) is 5.69 Å². The van der Waals surface area contributed by atoms with Crippen molar-refractivity contribution in [1.29, 1.82) is 0 Å². The zero-order valence-electron chi connectivity index (χ0n) is 11.7. The Labute approximate surface area is 121 Å². The quantitative estimate of drug-likeness (QED) is 0.725. The minimum absolute atomic E-state index is 0.387. The normalized spacial score (nSPS) is 10.8. The fourth-order valence-corrected chi connectivity index (χ4v) is 2.35. The maximum atomic E-state index is 13.6. The Bertz CT molecular complexity index is 857. The minimum Gasteiger partial charge on any atom is -0.362 e. The summed E-state index contributed by atoms with van der Waals surface area (Å²) >= 11 is 0. The molecule has 0 bridgehead atoms. The Kier molecular flexibility index (Phi) is 3.17. The molecule has 0 atom stereocenters. The molecule has 0 spiro atoms. The largest absolute Gasteiger partial charge is 0.362 e. The molecule has 1 aromatic heterocycles. The minimum atomic E-state index is -0.428. The van der Waals surface area contributed by atoms with E-state index in [2.05, 4.69) is 4.98 Å². The molecule has 3 rings (SSSR count). The van der Waals surface area contributed by atoms with Gasteiger partial charge in [-0.25, -0.2) is 9.18 Å². The SMILES string of the molecule is CN(C)c1nc(=O)n(-c2ccccc2)c2cc(F)ccc12. The van der Waals surface area contributed by atoms with E-state index in [1.54, 1.807) is 37.2 Å². The maximum Gasteiger partial charge on any atom is 0.354 e. The predicted octanol–water partition coefficient (Wildman–Crippen LogP) is 2.59. The molecule has 5 heteroatoms. The van der Waals surface area contributed by atoms with Gasteiger partial charge in [-0.1, -0.05) is 18.2 Å². The van der Waals surface area contributed by atoms with E-state index in [1.165, 1.54) is 16.7 Å². The Morgan fingerprint density at radius 2 is 1.81 bits per heavy atom. The lowest BCUT2D eigenvalue weighted by molar-refractivity contribution is 0.629. The molecule has 1 heterocycles. The highest BCUT2D eigenvalue weighted by atomic mass is 19.1. The molecular weight excluding hydrogens is 269 g/mol. The second kappa shape index (κ2) is 5.01. The van der Waals surface area contributed by atoms with Gasteiger partial charge in [0.05, 0.1) is 11.2 Å². The van der Waals surface area contributed by atoms with E-state index in [4.69, 9.17) is 0 Å². The van der Waals surface area contributed by atoms with E-state index < -0.39 is 5.69 Å². The van der Waals surface area contributed by atoms with E-state index in [0.717, 1.165) is 5.39 Å². The van der Waals surface area contributed by atoms with Gasteiger partial charge in [0.1, 0.15) is 11.6 Å². The second-order valence-corrected chi connectivity index (χ2v) is 4.94. The number of anilines is 1. The van der Waals surface area contributed by atoms with Crippen LogP contribution in [0.1, 0.15) is 0 Å². The van der Waals surface area contributed by atoms with Crippen molar-refractivity contribution in [3.05, 3.63) is 64.8 Å². The van der Waals surface area contributed by atoms with E-state index in [9.17, 15) is 9.18 Å². The third kappa shape index (κ3) is 2.27.